The first-order valence-electron chi connectivity index (χ1n) is 38.7. The van der Waals surface area contributed by atoms with Crippen molar-refractivity contribution in [2.45, 2.75) is 137 Å². The summed E-state index contributed by atoms with van der Waals surface area (Å²) in [5, 5.41) is 27.0. The van der Waals surface area contributed by atoms with Crippen molar-refractivity contribution < 1.29 is 82.8 Å². The number of hydrogen-bond donors (Lipinski definition) is 0. The molecule has 0 spiro atoms. The minimum atomic E-state index is -3.31. The summed E-state index contributed by atoms with van der Waals surface area (Å²) >= 11 is 0. The topological polar surface area (TPSA) is 334 Å². The molecule has 26 heteroatoms. The van der Waals surface area contributed by atoms with Crippen LogP contribution in [0, 0.1) is 23.7 Å². The summed E-state index contributed by atoms with van der Waals surface area (Å²) < 4.78 is 82.5. The van der Waals surface area contributed by atoms with Gasteiger partial charge in [0.2, 0.25) is 0 Å². The number of likely N-dealkylation sites (tertiary alicyclic amines) is 2. The van der Waals surface area contributed by atoms with Crippen LogP contribution >= 0.6 is 0 Å². The smallest absolute Gasteiger partial charge is 0.178 e. The number of ether oxygens (including phenoxy) is 2. The Balaban J connectivity index is 0.000000109. The van der Waals surface area contributed by atoms with Gasteiger partial charge in [-0.05, 0) is 190 Å². The van der Waals surface area contributed by atoms with E-state index in [0.717, 1.165) is 113 Å². The van der Waals surface area contributed by atoms with Crippen LogP contribution in [0.1, 0.15) is 150 Å². The van der Waals surface area contributed by atoms with Gasteiger partial charge < -0.3 is 27.6 Å². The van der Waals surface area contributed by atoms with Crippen molar-refractivity contribution in [2.75, 3.05) is 64.0 Å². The summed E-state index contributed by atoms with van der Waals surface area (Å²) in [7, 11) is -6.61. The molecule has 6 aliphatic carbocycles. The highest BCUT2D eigenvalue weighted by molar-refractivity contribution is 7.91. The van der Waals surface area contributed by atoms with Crippen LogP contribution in [-0.2, 0) is 58.0 Å². The summed E-state index contributed by atoms with van der Waals surface area (Å²) in [6, 6.07) is 36.8. The zero-order valence-electron chi connectivity index (χ0n) is 62.0. The van der Waals surface area contributed by atoms with E-state index in [2.05, 4.69) is 30.4 Å². The van der Waals surface area contributed by atoms with Crippen LogP contribution in [-0.4, -0.2) is 158 Å². The molecular formula is C86H82N6O18S2. The number of piperidine rings is 2. The zero-order valence-corrected chi connectivity index (χ0v) is 63.6. The summed E-state index contributed by atoms with van der Waals surface area (Å²) in [6.45, 7) is 11.5. The van der Waals surface area contributed by atoms with Crippen LogP contribution in [0.3, 0.4) is 0 Å². The lowest BCUT2D eigenvalue weighted by Gasteiger charge is -2.18. The number of sulfone groups is 2. The van der Waals surface area contributed by atoms with Gasteiger partial charge in [-0.3, -0.25) is 48.2 Å². The fourth-order valence-corrected chi connectivity index (χ4v) is 19.4. The molecule has 2 aliphatic heterocycles. The third-order valence-corrected chi connectivity index (χ3v) is 27.4. The number of ketones is 8. The molecule has 4 aromatic heterocycles. The molecule has 576 valence electrons. The molecule has 112 heavy (non-hydrogen) atoms. The first-order valence-corrected chi connectivity index (χ1v) is 42.0. The summed E-state index contributed by atoms with van der Waals surface area (Å²) in [6.07, 6.45) is 6.14. The van der Waals surface area contributed by atoms with E-state index < -0.39 is 31.5 Å². The number of hydrogen-bond acceptors (Lipinski definition) is 24. The fourth-order valence-electron chi connectivity index (χ4n) is 17.5. The van der Waals surface area contributed by atoms with Crippen LogP contribution in [0.15, 0.2) is 149 Å². The van der Waals surface area contributed by atoms with Crippen molar-refractivity contribution in [3.63, 3.8) is 0 Å². The predicted molar refractivity (Wildman–Crippen MR) is 415 cm³/mol. The van der Waals surface area contributed by atoms with E-state index in [1.54, 1.807) is 74.5 Å². The summed E-state index contributed by atoms with van der Waals surface area (Å²) in [5.41, 5.74) is 4.82. The van der Waals surface area contributed by atoms with Crippen LogP contribution < -0.4 is 9.47 Å². The first kappa shape index (κ1) is 74.2. The maximum absolute atomic E-state index is 12.5. The van der Waals surface area contributed by atoms with E-state index >= 15 is 0 Å². The quantitative estimate of drug-likeness (QED) is 0.0811. The molecule has 24 nitrogen and oxygen atoms in total. The lowest BCUT2D eigenvalue weighted by molar-refractivity contribution is -0.132. The van der Waals surface area contributed by atoms with Crippen molar-refractivity contribution in [3.05, 3.63) is 144 Å². The van der Waals surface area contributed by atoms with Gasteiger partial charge in [0.25, 0.3) is 0 Å². The first-order chi connectivity index (χ1) is 54.1. The maximum Gasteiger partial charge on any atom is 0.178 e. The molecule has 8 atom stereocenters. The van der Waals surface area contributed by atoms with Gasteiger partial charge in [0.05, 0.1) is 92.2 Å². The van der Waals surface area contributed by atoms with Crippen LogP contribution in [0.5, 0.6) is 11.5 Å². The molecule has 6 heterocycles. The number of carbonyl (C=O) groups excluding carboxylic acids is 8. The van der Waals surface area contributed by atoms with Crippen molar-refractivity contribution in [1.82, 2.24) is 30.4 Å². The van der Waals surface area contributed by atoms with Crippen LogP contribution in [0.25, 0.3) is 87.0 Å². The Hall–Kier alpha value is -10.5. The minimum Gasteiger partial charge on any atom is -0.492 e. The summed E-state index contributed by atoms with van der Waals surface area (Å²) in [4.78, 5) is 101. The number of nitrogens with zero attached hydrogens (tertiary/aromatic N) is 6. The van der Waals surface area contributed by atoms with Gasteiger partial charge in [-0.1, -0.05) is 70.9 Å². The molecule has 8 aromatic carbocycles. The molecule has 4 unspecified atom stereocenters. The average Bonchev–Trinajstić information content (AvgIpc) is 1.54. The van der Waals surface area contributed by atoms with Crippen LogP contribution in [0.4, 0.5) is 0 Å². The van der Waals surface area contributed by atoms with Crippen molar-refractivity contribution in [3.8, 4) is 11.5 Å². The number of fused-ring (bicyclic) bond motifs is 14. The standard InChI is InChI=1S/2C24H24N2O4.2C19H17NO5S/c2*27-17-2-4-20(21(28)11-17)24-23-19-5-3-18(10-14(19)1-6-22(23)30-25-24)29-8-7-26-12-15-9-16(15)13-26;2*1-2-26(23,24)13-5-7-14-11(9-13)3-8-17-18(14)19(20-25-17)15-6-4-12(21)10-16(15)22/h2*1,3,5-6,10,15-16,20H,2,4,7-9,11-13H2;2*3,5,7-9,15H,2,4,6,10H2,1H3/t2*15?,16?,20-;2*15-/m1010/s1. The van der Waals surface area contributed by atoms with Crippen LogP contribution in [0.2, 0.25) is 0 Å². The molecule has 0 amide bonds. The van der Waals surface area contributed by atoms with Crippen molar-refractivity contribution in [2.24, 2.45) is 23.7 Å². The second kappa shape index (κ2) is 30.2. The molecular weight excluding hydrogens is 1470 g/mol. The van der Waals surface area contributed by atoms with E-state index in [0.29, 0.717) is 110 Å². The van der Waals surface area contributed by atoms with Crippen molar-refractivity contribution >= 4 is 153 Å². The number of Topliss-reactive ketones (excluding diaryl/α,β-unsaturated/α-hetero) is 8. The Morgan fingerprint density at radius 2 is 0.643 bits per heavy atom. The molecule has 0 N–H and O–H groups in total. The predicted octanol–water partition coefficient (Wildman–Crippen LogP) is 13.8. The Morgan fingerprint density at radius 3 is 0.920 bits per heavy atom. The fraction of sp³-hybridized carbons (Fsp3) is 0.395. The SMILES string of the molecule is CCS(=O)(=O)c1ccc2c(ccc3onc([C@@H]4CCC(=O)CC4=O)c32)c1.CCS(=O)(=O)c1ccc2c(ccc3onc([C@H]4CCC(=O)CC4=O)c32)c1.O=C1CC[C@@H](c2noc3ccc4cc(OCCN5CC6CC6C5)ccc4c23)C(=O)C1.O=C1CC[C@H](c2noc3ccc4cc(OCCN5CC6CC6C5)ccc4c23)C(=O)C1. The van der Waals surface area contributed by atoms with Gasteiger partial charge in [-0.15, -0.1) is 0 Å². The van der Waals surface area contributed by atoms with Gasteiger partial charge in [-0.2, -0.15) is 0 Å². The van der Waals surface area contributed by atoms with E-state index in [1.165, 1.54) is 39.0 Å². The zero-order chi connectivity index (χ0) is 77.4. The largest absolute Gasteiger partial charge is 0.492 e. The highest BCUT2D eigenvalue weighted by Gasteiger charge is 2.46. The molecule has 2 saturated heterocycles. The molecule has 6 saturated carbocycles. The van der Waals surface area contributed by atoms with E-state index in [9.17, 15) is 55.2 Å². The molecule has 12 aromatic rings. The van der Waals surface area contributed by atoms with Gasteiger partial charge in [0.1, 0.15) is 93.8 Å². The average molecular weight is 1550 g/mol. The number of carbonyl (C=O) groups is 8. The maximum atomic E-state index is 12.5. The lowest BCUT2D eigenvalue weighted by Crippen LogP contribution is -2.27. The lowest BCUT2D eigenvalue weighted by atomic mass is 9.83. The van der Waals surface area contributed by atoms with E-state index in [4.69, 9.17) is 27.6 Å². The Labute approximate surface area is 643 Å². The normalized spacial score (nSPS) is 22.9. The third-order valence-electron chi connectivity index (χ3n) is 24.0. The highest BCUT2D eigenvalue weighted by Crippen LogP contribution is 2.47. The van der Waals surface area contributed by atoms with E-state index in [-0.39, 0.29) is 105 Å². The molecule has 8 aliphatic rings. The number of rotatable bonds is 16. The number of benzene rings is 8. The molecule has 0 radical (unpaired) electrons. The summed E-state index contributed by atoms with van der Waals surface area (Å²) in [5.74, 6) is 3.44. The Kier molecular flexibility index (Phi) is 20.0. The van der Waals surface area contributed by atoms with E-state index in [1.807, 2.05) is 60.7 Å². The highest BCUT2D eigenvalue weighted by atomic mass is 32.2. The number of aromatic nitrogens is 4. The van der Waals surface area contributed by atoms with Gasteiger partial charge in [-0.25, -0.2) is 16.8 Å². The van der Waals surface area contributed by atoms with Gasteiger partial charge >= 0.3 is 0 Å². The minimum absolute atomic E-state index is 0.000283. The molecule has 8 fully saturated rings. The Morgan fingerprint density at radius 1 is 0.366 bits per heavy atom. The molecule has 20 rings (SSSR count). The van der Waals surface area contributed by atoms with Gasteiger partial charge in [0, 0.05) is 65.0 Å². The van der Waals surface area contributed by atoms with Gasteiger partial charge in [0.15, 0.2) is 42.0 Å². The van der Waals surface area contributed by atoms with Crippen molar-refractivity contribution in [1.29, 1.82) is 0 Å². The Bertz CT molecular complexity index is 5740. The second-order valence-electron chi connectivity index (χ2n) is 31.2. The monoisotopic (exact) mass is 1550 g/mol. The third kappa shape index (κ3) is 14.8. The second-order valence-corrected chi connectivity index (χ2v) is 35.7. The molecule has 0 bridgehead atoms.